The zero-order valence-electron chi connectivity index (χ0n) is 11.1. The Kier molecular flexibility index (Phi) is 7.05. The molecule has 0 aliphatic carbocycles. The quantitative estimate of drug-likeness (QED) is 0.639. The fraction of sp³-hybridized carbons (Fsp3) is 0.667. The molecular formula is C12H22N4O2. The first kappa shape index (κ1) is 14.7. The molecule has 0 aliphatic rings. The summed E-state index contributed by atoms with van der Waals surface area (Å²) in [4.78, 5) is 8.54. The second-order valence-corrected chi connectivity index (χ2v) is 3.79. The molecule has 0 radical (unpaired) electrons. The van der Waals surface area contributed by atoms with Crippen LogP contribution in [0.4, 0.5) is 5.95 Å². The Morgan fingerprint density at radius 3 is 2.89 bits per heavy atom. The van der Waals surface area contributed by atoms with Gasteiger partial charge in [0.25, 0.3) is 0 Å². The summed E-state index contributed by atoms with van der Waals surface area (Å²) in [6, 6.07) is 1.82. The smallest absolute Gasteiger partial charge is 0.226 e. The fourth-order valence-electron chi connectivity index (χ4n) is 1.40. The highest BCUT2D eigenvalue weighted by Crippen LogP contribution is 2.11. The van der Waals surface area contributed by atoms with Crippen LogP contribution in [0.2, 0.25) is 0 Å². The molecular weight excluding hydrogens is 232 g/mol. The summed E-state index contributed by atoms with van der Waals surface area (Å²) in [7, 11) is 0. The van der Waals surface area contributed by atoms with Gasteiger partial charge in [-0.15, -0.1) is 0 Å². The van der Waals surface area contributed by atoms with Gasteiger partial charge in [0.05, 0.1) is 13.2 Å². The van der Waals surface area contributed by atoms with E-state index in [4.69, 9.17) is 15.2 Å². The van der Waals surface area contributed by atoms with Crippen molar-refractivity contribution >= 4 is 5.95 Å². The molecule has 1 rings (SSSR count). The van der Waals surface area contributed by atoms with Crippen molar-refractivity contribution in [3.05, 3.63) is 11.8 Å². The molecule has 0 amide bonds. The number of anilines is 1. The first-order valence-electron chi connectivity index (χ1n) is 6.26. The van der Waals surface area contributed by atoms with E-state index in [0.29, 0.717) is 38.2 Å². The van der Waals surface area contributed by atoms with Crippen LogP contribution < -0.4 is 15.8 Å². The molecule has 0 fully saturated rings. The Labute approximate surface area is 108 Å². The summed E-state index contributed by atoms with van der Waals surface area (Å²) in [5, 5.41) is 3.15. The molecule has 0 saturated heterocycles. The zero-order valence-corrected chi connectivity index (χ0v) is 11.1. The average Bonchev–Trinajstić information content (AvgIpc) is 2.33. The predicted octanol–water partition coefficient (Wildman–Crippen LogP) is 0.961. The molecule has 0 saturated carbocycles. The second kappa shape index (κ2) is 8.66. The van der Waals surface area contributed by atoms with Gasteiger partial charge in [-0.05, 0) is 20.3 Å². The molecule has 6 nitrogen and oxygen atoms in total. The van der Waals surface area contributed by atoms with Gasteiger partial charge < -0.3 is 20.5 Å². The Morgan fingerprint density at radius 1 is 1.33 bits per heavy atom. The van der Waals surface area contributed by atoms with Gasteiger partial charge in [-0.3, -0.25) is 0 Å². The van der Waals surface area contributed by atoms with Crippen molar-refractivity contribution in [3.8, 4) is 5.88 Å². The third kappa shape index (κ3) is 5.79. The van der Waals surface area contributed by atoms with E-state index in [1.807, 2.05) is 19.9 Å². The maximum Gasteiger partial charge on any atom is 0.226 e. The minimum Gasteiger partial charge on any atom is -0.478 e. The standard InChI is InChI=1S/C12H22N4O2/c1-3-18-11-9-10(2)15-12(16-11)14-6-4-7-17-8-5-13/h9H,3-8,13H2,1-2H3,(H,14,15,16). The van der Waals surface area contributed by atoms with Crippen LogP contribution in [0.15, 0.2) is 6.07 Å². The SMILES string of the molecule is CCOc1cc(C)nc(NCCCOCCN)n1. The predicted molar refractivity (Wildman–Crippen MR) is 70.9 cm³/mol. The lowest BCUT2D eigenvalue weighted by atomic mass is 10.4. The molecule has 1 aromatic rings. The number of ether oxygens (including phenoxy) is 2. The van der Waals surface area contributed by atoms with E-state index < -0.39 is 0 Å². The molecule has 18 heavy (non-hydrogen) atoms. The van der Waals surface area contributed by atoms with Crippen LogP contribution in [0, 0.1) is 6.92 Å². The minimum atomic E-state index is 0.562. The number of nitrogens with zero attached hydrogens (tertiary/aromatic N) is 2. The average molecular weight is 254 g/mol. The number of nitrogens with two attached hydrogens (primary N) is 1. The van der Waals surface area contributed by atoms with Crippen molar-refractivity contribution in [2.24, 2.45) is 5.73 Å². The monoisotopic (exact) mass is 254 g/mol. The maximum atomic E-state index is 5.36. The minimum absolute atomic E-state index is 0.562. The number of hydrogen-bond donors (Lipinski definition) is 2. The number of nitrogens with one attached hydrogen (secondary N) is 1. The highest BCUT2D eigenvalue weighted by Gasteiger charge is 2.01. The Morgan fingerprint density at radius 2 is 2.17 bits per heavy atom. The molecule has 102 valence electrons. The van der Waals surface area contributed by atoms with Crippen molar-refractivity contribution in [3.63, 3.8) is 0 Å². The number of aryl methyl sites for hydroxylation is 1. The molecule has 1 aromatic heterocycles. The third-order valence-electron chi connectivity index (χ3n) is 2.13. The normalized spacial score (nSPS) is 10.4. The maximum absolute atomic E-state index is 5.36. The summed E-state index contributed by atoms with van der Waals surface area (Å²) in [5.41, 5.74) is 6.21. The van der Waals surface area contributed by atoms with Gasteiger partial charge in [0, 0.05) is 31.5 Å². The first-order valence-corrected chi connectivity index (χ1v) is 6.26. The van der Waals surface area contributed by atoms with E-state index in [1.54, 1.807) is 0 Å². The summed E-state index contributed by atoms with van der Waals surface area (Å²) in [5.74, 6) is 1.20. The Balaban J connectivity index is 2.32. The summed E-state index contributed by atoms with van der Waals surface area (Å²) in [6.45, 7) is 7.07. The number of rotatable bonds is 9. The van der Waals surface area contributed by atoms with Gasteiger partial charge in [-0.2, -0.15) is 4.98 Å². The lowest BCUT2D eigenvalue weighted by Gasteiger charge is -2.08. The van der Waals surface area contributed by atoms with E-state index in [2.05, 4.69) is 15.3 Å². The van der Waals surface area contributed by atoms with Crippen molar-refractivity contribution in [1.82, 2.24) is 9.97 Å². The van der Waals surface area contributed by atoms with E-state index in [-0.39, 0.29) is 0 Å². The topological polar surface area (TPSA) is 82.3 Å². The molecule has 0 aromatic carbocycles. The number of aromatic nitrogens is 2. The van der Waals surface area contributed by atoms with Crippen molar-refractivity contribution < 1.29 is 9.47 Å². The van der Waals surface area contributed by atoms with Gasteiger partial charge in [0.2, 0.25) is 11.8 Å². The van der Waals surface area contributed by atoms with Crippen LogP contribution in [0.3, 0.4) is 0 Å². The van der Waals surface area contributed by atoms with Crippen LogP contribution in [0.25, 0.3) is 0 Å². The molecule has 0 unspecified atom stereocenters. The fourth-order valence-corrected chi connectivity index (χ4v) is 1.40. The van der Waals surface area contributed by atoms with Crippen LogP contribution in [-0.4, -0.2) is 42.9 Å². The molecule has 0 aliphatic heterocycles. The van der Waals surface area contributed by atoms with Crippen molar-refractivity contribution in [2.75, 3.05) is 38.2 Å². The van der Waals surface area contributed by atoms with Crippen LogP contribution in [-0.2, 0) is 4.74 Å². The molecule has 3 N–H and O–H groups in total. The van der Waals surface area contributed by atoms with E-state index >= 15 is 0 Å². The molecule has 0 spiro atoms. The Bertz CT molecular complexity index is 347. The van der Waals surface area contributed by atoms with Gasteiger partial charge in [0.15, 0.2) is 0 Å². The number of hydrogen-bond acceptors (Lipinski definition) is 6. The summed E-state index contributed by atoms with van der Waals surface area (Å²) >= 11 is 0. The van der Waals surface area contributed by atoms with E-state index in [1.165, 1.54) is 0 Å². The van der Waals surface area contributed by atoms with Gasteiger partial charge in [-0.1, -0.05) is 0 Å². The lowest BCUT2D eigenvalue weighted by Crippen LogP contribution is -2.12. The lowest BCUT2D eigenvalue weighted by molar-refractivity contribution is 0.141. The largest absolute Gasteiger partial charge is 0.478 e. The van der Waals surface area contributed by atoms with Crippen molar-refractivity contribution in [1.29, 1.82) is 0 Å². The van der Waals surface area contributed by atoms with E-state index in [9.17, 15) is 0 Å². The van der Waals surface area contributed by atoms with E-state index in [0.717, 1.165) is 18.7 Å². The van der Waals surface area contributed by atoms with Crippen LogP contribution in [0.5, 0.6) is 5.88 Å². The molecule has 6 heteroatoms. The van der Waals surface area contributed by atoms with Crippen LogP contribution >= 0.6 is 0 Å². The van der Waals surface area contributed by atoms with Gasteiger partial charge >= 0.3 is 0 Å². The molecule has 0 bridgehead atoms. The summed E-state index contributed by atoms with van der Waals surface area (Å²) in [6.07, 6.45) is 0.890. The molecule has 0 atom stereocenters. The highest BCUT2D eigenvalue weighted by atomic mass is 16.5. The Hall–Kier alpha value is -1.40. The van der Waals surface area contributed by atoms with Crippen LogP contribution in [0.1, 0.15) is 19.0 Å². The second-order valence-electron chi connectivity index (χ2n) is 3.79. The highest BCUT2D eigenvalue weighted by molar-refractivity contribution is 5.30. The third-order valence-corrected chi connectivity index (χ3v) is 2.13. The molecule has 1 heterocycles. The zero-order chi connectivity index (χ0) is 13.2. The first-order chi connectivity index (χ1) is 8.76. The van der Waals surface area contributed by atoms with Crippen molar-refractivity contribution in [2.45, 2.75) is 20.3 Å². The van der Waals surface area contributed by atoms with Gasteiger partial charge in [-0.25, -0.2) is 4.98 Å². The summed E-state index contributed by atoms with van der Waals surface area (Å²) < 4.78 is 10.6. The van der Waals surface area contributed by atoms with Gasteiger partial charge in [0.1, 0.15) is 0 Å².